The first kappa shape index (κ1) is 20.8. The van der Waals surface area contributed by atoms with Crippen LogP contribution in [-0.4, -0.2) is 22.1 Å². The molecule has 0 aliphatic heterocycles. The minimum atomic E-state index is 0.0364. The smallest absolute Gasteiger partial charge is 0.184 e. The van der Waals surface area contributed by atoms with Crippen molar-refractivity contribution in [3.63, 3.8) is 0 Å². The molecular formula is C21H16Cl2N4OS. The van der Waals surface area contributed by atoms with Crippen LogP contribution in [0.1, 0.15) is 16.7 Å². The van der Waals surface area contributed by atoms with Gasteiger partial charge in [0.25, 0.3) is 0 Å². The van der Waals surface area contributed by atoms with Gasteiger partial charge in [0.2, 0.25) is 0 Å². The SMILES string of the molecule is NC(=S)N/N=C(\c1ccccc1)c1cc(Cl)ccc1N=Cc1cc(Cl)ccc1O. The second kappa shape index (κ2) is 9.52. The number of halogens is 2. The van der Waals surface area contributed by atoms with E-state index >= 15 is 0 Å². The largest absolute Gasteiger partial charge is 0.507 e. The summed E-state index contributed by atoms with van der Waals surface area (Å²) in [6.45, 7) is 0. The number of benzene rings is 3. The third-order valence-corrected chi connectivity index (χ3v) is 4.43. The zero-order valence-corrected chi connectivity index (χ0v) is 17.3. The molecule has 4 N–H and O–H groups in total. The van der Waals surface area contributed by atoms with Crippen molar-refractivity contribution < 1.29 is 5.11 Å². The first-order valence-corrected chi connectivity index (χ1v) is 9.61. The molecule has 0 aromatic heterocycles. The van der Waals surface area contributed by atoms with Crippen molar-refractivity contribution in [2.75, 3.05) is 0 Å². The number of nitrogens with two attached hydrogens (primary N) is 1. The maximum Gasteiger partial charge on any atom is 0.184 e. The fourth-order valence-corrected chi connectivity index (χ4v) is 2.96. The van der Waals surface area contributed by atoms with Crippen LogP contribution >= 0.6 is 35.4 Å². The molecule has 3 aromatic rings. The molecule has 8 heteroatoms. The molecule has 3 rings (SSSR count). The second-order valence-electron chi connectivity index (χ2n) is 5.93. The van der Waals surface area contributed by atoms with Gasteiger partial charge in [-0.2, -0.15) is 5.10 Å². The lowest BCUT2D eigenvalue weighted by atomic mass is 10.0. The second-order valence-corrected chi connectivity index (χ2v) is 7.24. The lowest BCUT2D eigenvalue weighted by Crippen LogP contribution is -2.26. The van der Waals surface area contributed by atoms with Gasteiger partial charge in [0.15, 0.2) is 5.11 Å². The lowest BCUT2D eigenvalue weighted by Gasteiger charge is -2.11. The Hall–Kier alpha value is -2.93. The number of hydrogen-bond donors (Lipinski definition) is 3. The van der Waals surface area contributed by atoms with E-state index in [9.17, 15) is 5.11 Å². The Morgan fingerprint density at radius 1 is 1.00 bits per heavy atom. The standard InChI is InChI=1S/C21H16Cl2N4OS/c22-15-7-9-19(28)14(10-15)12-25-18-8-6-16(23)11-17(18)20(26-27-21(24)29)13-4-2-1-3-5-13/h1-12,28H,(H3,24,27,29)/b25-12?,26-20+. The molecule has 0 saturated carbocycles. The summed E-state index contributed by atoms with van der Waals surface area (Å²) in [5.74, 6) is 0.0701. The Bertz CT molecular complexity index is 1100. The zero-order chi connectivity index (χ0) is 20.8. The van der Waals surface area contributed by atoms with Gasteiger partial charge in [0, 0.05) is 33.0 Å². The molecule has 0 atom stereocenters. The summed E-state index contributed by atoms with van der Waals surface area (Å²) < 4.78 is 0. The number of hydrazone groups is 1. The molecule has 5 nitrogen and oxygen atoms in total. The fourth-order valence-electron chi connectivity index (χ4n) is 2.57. The average Bonchev–Trinajstić information content (AvgIpc) is 2.70. The van der Waals surface area contributed by atoms with E-state index in [1.165, 1.54) is 12.3 Å². The molecule has 146 valence electrons. The van der Waals surface area contributed by atoms with Crippen LogP contribution in [0.15, 0.2) is 76.8 Å². The molecule has 0 amide bonds. The highest BCUT2D eigenvalue weighted by molar-refractivity contribution is 7.80. The summed E-state index contributed by atoms with van der Waals surface area (Å²) >= 11 is 17.1. The van der Waals surface area contributed by atoms with Crippen molar-refractivity contribution in [2.45, 2.75) is 0 Å². The molecule has 0 aliphatic carbocycles. The number of nitrogens with zero attached hydrogens (tertiary/aromatic N) is 2. The zero-order valence-electron chi connectivity index (χ0n) is 15.0. The van der Waals surface area contributed by atoms with Gasteiger partial charge in [-0.15, -0.1) is 0 Å². The van der Waals surface area contributed by atoms with Gasteiger partial charge in [-0.25, -0.2) is 0 Å². The summed E-state index contributed by atoms with van der Waals surface area (Å²) in [7, 11) is 0. The number of hydrogen-bond acceptors (Lipinski definition) is 4. The highest BCUT2D eigenvalue weighted by Crippen LogP contribution is 2.27. The number of phenolic OH excluding ortho intramolecular Hbond substituents is 1. The van der Waals surface area contributed by atoms with E-state index in [1.807, 2.05) is 30.3 Å². The molecule has 0 spiro atoms. The van der Waals surface area contributed by atoms with E-state index in [0.29, 0.717) is 32.6 Å². The van der Waals surface area contributed by atoms with Crippen LogP contribution in [0.25, 0.3) is 0 Å². The Balaban J connectivity index is 2.11. The van der Waals surface area contributed by atoms with Crippen LogP contribution in [0.3, 0.4) is 0 Å². The van der Waals surface area contributed by atoms with Gasteiger partial charge in [0.1, 0.15) is 11.5 Å². The van der Waals surface area contributed by atoms with Crippen LogP contribution in [0.5, 0.6) is 5.75 Å². The van der Waals surface area contributed by atoms with Crippen LogP contribution in [0, 0.1) is 0 Å². The maximum absolute atomic E-state index is 10.0. The molecule has 0 bridgehead atoms. The third-order valence-electron chi connectivity index (χ3n) is 3.87. The van der Waals surface area contributed by atoms with Crippen molar-refractivity contribution in [2.24, 2.45) is 15.8 Å². The minimum absolute atomic E-state index is 0.0364. The fraction of sp³-hybridized carbons (Fsp3) is 0. The Morgan fingerprint density at radius 3 is 2.41 bits per heavy atom. The predicted molar refractivity (Wildman–Crippen MR) is 124 cm³/mol. The minimum Gasteiger partial charge on any atom is -0.507 e. The summed E-state index contributed by atoms with van der Waals surface area (Å²) in [4.78, 5) is 4.52. The Labute approximate surface area is 183 Å². The summed E-state index contributed by atoms with van der Waals surface area (Å²) in [6, 6.07) is 19.4. The topological polar surface area (TPSA) is 83.0 Å². The Kier molecular flexibility index (Phi) is 6.82. The van der Waals surface area contributed by atoms with Crippen molar-refractivity contribution in [3.05, 3.63) is 93.5 Å². The van der Waals surface area contributed by atoms with Crippen molar-refractivity contribution in [3.8, 4) is 5.75 Å². The monoisotopic (exact) mass is 442 g/mol. The average molecular weight is 443 g/mol. The maximum atomic E-state index is 10.0. The molecule has 0 radical (unpaired) electrons. The van der Waals surface area contributed by atoms with Gasteiger partial charge in [-0.05, 0) is 48.6 Å². The van der Waals surface area contributed by atoms with E-state index in [4.69, 9.17) is 41.2 Å². The highest BCUT2D eigenvalue weighted by Gasteiger charge is 2.13. The van der Waals surface area contributed by atoms with Gasteiger partial charge in [-0.3, -0.25) is 10.4 Å². The molecular weight excluding hydrogens is 427 g/mol. The molecule has 29 heavy (non-hydrogen) atoms. The number of nitrogens with one attached hydrogen (secondary N) is 1. The number of rotatable bonds is 5. The molecule has 0 aliphatic rings. The molecule has 0 fully saturated rings. The van der Waals surface area contributed by atoms with Crippen LogP contribution in [-0.2, 0) is 0 Å². The quantitative estimate of drug-likeness (QED) is 0.293. The number of thiocarbonyl (C=S) groups is 1. The summed E-state index contributed by atoms with van der Waals surface area (Å²) in [5, 5.41) is 15.4. The first-order chi connectivity index (χ1) is 13.9. The number of phenols is 1. The molecule has 0 saturated heterocycles. The molecule has 0 unspecified atom stereocenters. The highest BCUT2D eigenvalue weighted by atomic mass is 35.5. The lowest BCUT2D eigenvalue weighted by molar-refractivity contribution is 0.474. The van der Waals surface area contributed by atoms with E-state index < -0.39 is 0 Å². The van der Waals surface area contributed by atoms with Crippen molar-refractivity contribution in [1.82, 2.24) is 5.43 Å². The van der Waals surface area contributed by atoms with Crippen molar-refractivity contribution >= 4 is 58.1 Å². The van der Waals surface area contributed by atoms with E-state index in [0.717, 1.165) is 5.56 Å². The van der Waals surface area contributed by atoms with Gasteiger partial charge < -0.3 is 10.8 Å². The van der Waals surface area contributed by atoms with Gasteiger partial charge in [0.05, 0.1) is 5.69 Å². The van der Waals surface area contributed by atoms with Crippen LogP contribution in [0.4, 0.5) is 5.69 Å². The van der Waals surface area contributed by atoms with E-state index in [2.05, 4.69) is 15.5 Å². The molecule has 3 aromatic carbocycles. The Morgan fingerprint density at radius 2 is 1.69 bits per heavy atom. The van der Waals surface area contributed by atoms with Crippen LogP contribution in [0.2, 0.25) is 10.0 Å². The van der Waals surface area contributed by atoms with Crippen molar-refractivity contribution in [1.29, 1.82) is 0 Å². The predicted octanol–water partition coefficient (Wildman–Crippen LogP) is 5.04. The van der Waals surface area contributed by atoms with Crippen LogP contribution < -0.4 is 11.2 Å². The first-order valence-electron chi connectivity index (χ1n) is 8.45. The summed E-state index contributed by atoms with van der Waals surface area (Å²) in [6.07, 6.45) is 1.53. The number of aliphatic imine (C=N–C) groups is 1. The normalized spacial score (nSPS) is 11.6. The van der Waals surface area contributed by atoms with Gasteiger partial charge in [-0.1, -0.05) is 53.5 Å². The molecule has 0 heterocycles. The third kappa shape index (κ3) is 5.54. The summed E-state index contributed by atoms with van der Waals surface area (Å²) in [5.41, 5.74) is 11.3. The van der Waals surface area contributed by atoms with E-state index in [-0.39, 0.29) is 10.9 Å². The number of aromatic hydroxyl groups is 1. The van der Waals surface area contributed by atoms with E-state index in [1.54, 1.807) is 30.3 Å². The van der Waals surface area contributed by atoms with Gasteiger partial charge >= 0.3 is 0 Å².